The standard InChI is InChI=1S/C14H20N2O7/c1-7(2)10(17)22-14-16-9-6-4-3-5-8(9)15-13(20)21-11(18)12(19)23-14/h8-9,13-16,20H,1,3-6H2,2H3. The summed E-state index contributed by atoms with van der Waals surface area (Å²) in [5.41, 5.74) is 0.122. The highest BCUT2D eigenvalue weighted by Crippen LogP contribution is 2.20. The first-order valence-corrected chi connectivity index (χ1v) is 7.35. The molecule has 0 amide bonds. The average molecular weight is 328 g/mol. The molecule has 0 aromatic heterocycles. The molecule has 3 N–H and O–H groups in total. The van der Waals surface area contributed by atoms with Gasteiger partial charge in [-0.25, -0.2) is 19.7 Å². The summed E-state index contributed by atoms with van der Waals surface area (Å²) in [6.07, 6.45) is 0.199. The van der Waals surface area contributed by atoms with E-state index >= 15 is 0 Å². The zero-order valence-electron chi connectivity index (χ0n) is 12.7. The zero-order chi connectivity index (χ0) is 17.0. The summed E-state index contributed by atoms with van der Waals surface area (Å²) in [5, 5.41) is 15.3. The van der Waals surface area contributed by atoms with Gasteiger partial charge in [0.05, 0.1) is 0 Å². The molecule has 1 aliphatic carbocycles. The van der Waals surface area contributed by atoms with Gasteiger partial charge in [-0.15, -0.1) is 0 Å². The fraction of sp³-hybridized carbons (Fsp3) is 0.643. The quantitative estimate of drug-likeness (QED) is 0.341. The molecule has 1 saturated heterocycles. The molecular weight excluding hydrogens is 308 g/mol. The molecule has 0 spiro atoms. The molecule has 0 aromatic carbocycles. The van der Waals surface area contributed by atoms with Crippen molar-refractivity contribution in [2.24, 2.45) is 0 Å². The van der Waals surface area contributed by atoms with Gasteiger partial charge in [0.1, 0.15) is 0 Å². The Balaban J connectivity index is 2.16. The predicted octanol–water partition coefficient (Wildman–Crippen LogP) is -0.744. The number of ether oxygens (including phenoxy) is 3. The molecule has 9 nitrogen and oxygen atoms in total. The van der Waals surface area contributed by atoms with Gasteiger partial charge in [-0.2, -0.15) is 0 Å². The molecular formula is C14H20N2O7. The second kappa shape index (κ2) is 7.53. The van der Waals surface area contributed by atoms with Crippen molar-refractivity contribution in [2.45, 2.75) is 57.5 Å². The normalized spacial score (nSPS) is 32.1. The minimum Gasteiger partial charge on any atom is -0.413 e. The molecule has 2 aliphatic rings. The third kappa shape index (κ3) is 4.75. The van der Waals surface area contributed by atoms with Crippen LogP contribution in [0.4, 0.5) is 0 Å². The van der Waals surface area contributed by atoms with Crippen LogP contribution in [0, 0.1) is 0 Å². The number of rotatable bonds is 2. The van der Waals surface area contributed by atoms with Crippen molar-refractivity contribution >= 4 is 17.9 Å². The average Bonchev–Trinajstić information content (AvgIpc) is 2.48. The number of aliphatic hydroxyl groups excluding tert-OH is 1. The van der Waals surface area contributed by atoms with E-state index in [4.69, 9.17) is 9.47 Å². The predicted molar refractivity (Wildman–Crippen MR) is 75.2 cm³/mol. The van der Waals surface area contributed by atoms with Crippen LogP contribution in [-0.2, 0) is 28.6 Å². The Bertz CT molecular complexity index is 507. The molecule has 0 aromatic rings. The lowest BCUT2D eigenvalue weighted by Crippen LogP contribution is -2.58. The minimum absolute atomic E-state index is 0.122. The maximum atomic E-state index is 11.6. The van der Waals surface area contributed by atoms with E-state index < -0.39 is 30.7 Å². The fourth-order valence-corrected chi connectivity index (χ4v) is 2.51. The Hall–Kier alpha value is -1.97. The topological polar surface area (TPSA) is 123 Å². The van der Waals surface area contributed by atoms with Crippen molar-refractivity contribution in [1.29, 1.82) is 0 Å². The summed E-state index contributed by atoms with van der Waals surface area (Å²) in [7, 11) is 0. The highest BCUT2D eigenvalue weighted by molar-refractivity contribution is 6.29. The molecule has 128 valence electrons. The molecule has 2 rings (SSSR count). The van der Waals surface area contributed by atoms with Gasteiger partial charge in [0.2, 0.25) is 0 Å². The van der Waals surface area contributed by atoms with Crippen LogP contribution in [0.1, 0.15) is 32.6 Å². The number of hydrogen-bond acceptors (Lipinski definition) is 9. The van der Waals surface area contributed by atoms with Gasteiger partial charge in [-0.3, -0.25) is 5.32 Å². The van der Waals surface area contributed by atoms with Crippen LogP contribution in [0.3, 0.4) is 0 Å². The van der Waals surface area contributed by atoms with Crippen molar-refractivity contribution in [2.75, 3.05) is 0 Å². The monoisotopic (exact) mass is 328 g/mol. The molecule has 0 bridgehead atoms. The van der Waals surface area contributed by atoms with E-state index in [1.165, 1.54) is 6.92 Å². The van der Waals surface area contributed by atoms with E-state index in [-0.39, 0.29) is 17.7 Å². The summed E-state index contributed by atoms with van der Waals surface area (Å²) >= 11 is 0. The zero-order valence-corrected chi connectivity index (χ0v) is 12.7. The maximum Gasteiger partial charge on any atom is 0.421 e. The summed E-state index contributed by atoms with van der Waals surface area (Å²) in [6, 6.07) is -0.486. The summed E-state index contributed by atoms with van der Waals surface area (Å²) in [6.45, 7) is 4.89. The first-order valence-electron chi connectivity index (χ1n) is 7.35. The molecule has 1 aliphatic heterocycles. The first kappa shape index (κ1) is 17.4. The Morgan fingerprint density at radius 2 is 1.74 bits per heavy atom. The molecule has 4 unspecified atom stereocenters. The number of aliphatic hydroxyl groups is 1. The van der Waals surface area contributed by atoms with Gasteiger partial charge in [-0.1, -0.05) is 19.4 Å². The SMILES string of the molecule is C=C(C)C(=O)OC1NC2CCCCC2NC(O)OC(=O)C(=O)O1. The van der Waals surface area contributed by atoms with Gasteiger partial charge in [0, 0.05) is 17.7 Å². The number of cyclic esters (lactones) is 2. The number of carbonyl (C=O) groups excluding carboxylic acids is 3. The molecule has 9 heteroatoms. The van der Waals surface area contributed by atoms with E-state index in [2.05, 4.69) is 21.9 Å². The third-order valence-corrected chi connectivity index (χ3v) is 3.63. The van der Waals surface area contributed by atoms with Crippen LogP contribution in [0.2, 0.25) is 0 Å². The second-order valence-corrected chi connectivity index (χ2v) is 5.51. The van der Waals surface area contributed by atoms with Gasteiger partial charge < -0.3 is 19.3 Å². The third-order valence-electron chi connectivity index (χ3n) is 3.63. The smallest absolute Gasteiger partial charge is 0.413 e. The van der Waals surface area contributed by atoms with E-state index in [0.717, 1.165) is 12.8 Å². The second-order valence-electron chi connectivity index (χ2n) is 5.51. The van der Waals surface area contributed by atoms with E-state index in [1.807, 2.05) is 0 Å². The van der Waals surface area contributed by atoms with Gasteiger partial charge in [0.25, 0.3) is 6.41 Å². The van der Waals surface area contributed by atoms with E-state index in [1.54, 1.807) is 0 Å². The number of esters is 3. The first-order chi connectivity index (χ1) is 10.9. The van der Waals surface area contributed by atoms with Gasteiger partial charge in [-0.05, 0) is 19.8 Å². The van der Waals surface area contributed by atoms with Crippen LogP contribution in [0.5, 0.6) is 0 Å². The largest absolute Gasteiger partial charge is 0.421 e. The molecule has 1 heterocycles. The Kier molecular flexibility index (Phi) is 5.69. The lowest BCUT2D eigenvalue weighted by Gasteiger charge is -2.36. The molecule has 0 radical (unpaired) electrons. The lowest BCUT2D eigenvalue weighted by atomic mass is 9.90. The van der Waals surface area contributed by atoms with Crippen LogP contribution >= 0.6 is 0 Å². The van der Waals surface area contributed by atoms with Crippen molar-refractivity contribution < 1.29 is 33.7 Å². The van der Waals surface area contributed by atoms with Crippen molar-refractivity contribution in [3.05, 3.63) is 12.2 Å². The van der Waals surface area contributed by atoms with Crippen molar-refractivity contribution in [3.63, 3.8) is 0 Å². The van der Waals surface area contributed by atoms with Crippen LogP contribution in [-0.4, -0.2) is 47.9 Å². The summed E-state index contributed by atoms with van der Waals surface area (Å²) in [5.74, 6) is -3.54. The lowest BCUT2D eigenvalue weighted by molar-refractivity contribution is -0.212. The van der Waals surface area contributed by atoms with Gasteiger partial charge in [0.15, 0.2) is 0 Å². The molecule has 4 atom stereocenters. The highest BCUT2D eigenvalue weighted by atomic mass is 16.7. The van der Waals surface area contributed by atoms with Crippen molar-refractivity contribution in [3.8, 4) is 0 Å². The summed E-state index contributed by atoms with van der Waals surface area (Å²) in [4.78, 5) is 34.7. The number of nitrogens with one attached hydrogen (secondary N) is 2. The van der Waals surface area contributed by atoms with Crippen LogP contribution < -0.4 is 10.6 Å². The Morgan fingerprint density at radius 1 is 1.17 bits per heavy atom. The fourth-order valence-electron chi connectivity index (χ4n) is 2.51. The number of carbonyl (C=O) groups is 3. The highest BCUT2D eigenvalue weighted by Gasteiger charge is 2.35. The summed E-state index contributed by atoms with van der Waals surface area (Å²) < 4.78 is 14.3. The maximum absolute atomic E-state index is 11.6. The van der Waals surface area contributed by atoms with E-state index in [9.17, 15) is 19.5 Å². The van der Waals surface area contributed by atoms with E-state index in [0.29, 0.717) is 12.8 Å². The Labute approximate surface area is 133 Å². The van der Waals surface area contributed by atoms with Crippen molar-refractivity contribution in [1.82, 2.24) is 10.6 Å². The minimum atomic E-state index is -1.61. The van der Waals surface area contributed by atoms with Crippen LogP contribution in [0.15, 0.2) is 12.2 Å². The number of hydrogen-bond donors (Lipinski definition) is 3. The van der Waals surface area contributed by atoms with Crippen LogP contribution in [0.25, 0.3) is 0 Å². The van der Waals surface area contributed by atoms with Gasteiger partial charge >= 0.3 is 24.3 Å². The molecule has 23 heavy (non-hydrogen) atoms. The number of fused-ring (bicyclic) bond motifs is 1. The molecule has 1 saturated carbocycles. The molecule has 2 fully saturated rings. The Morgan fingerprint density at radius 3 is 2.35 bits per heavy atom.